The van der Waals surface area contributed by atoms with Crippen LogP contribution in [0.2, 0.25) is 0 Å². The first-order chi connectivity index (χ1) is 8.91. The summed E-state index contributed by atoms with van der Waals surface area (Å²) < 4.78 is 33.6. The summed E-state index contributed by atoms with van der Waals surface area (Å²) >= 11 is 3.38. The maximum atomic E-state index is 12.1. The standard InChI is InChI=1S/C12H17BrN2O3S/c1-14(2)19(16,17)15-7-8-18-12(9-15)10-3-5-11(13)6-4-10/h3-6,12H,7-9H2,1-2H3. The zero-order valence-corrected chi connectivity index (χ0v) is 13.3. The molecule has 1 atom stereocenters. The van der Waals surface area contributed by atoms with Crippen molar-refractivity contribution in [3.8, 4) is 0 Å². The molecule has 0 bridgehead atoms. The van der Waals surface area contributed by atoms with Gasteiger partial charge in [-0.1, -0.05) is 28.1 Å². The fraction of sp³-hybridized carbons (Fsp3) is 0.500. The van der Waals surface area contributed by atoms with Crippen LogP contribution in [0.15, 0.2) is 28.7 Å². The molecule has 0 aliphatic carbocycles. The summed E-state index contributed by atoms with van der Waals surface area (Å²) in [5.41, 5.74) is 0.988. The van der Waals surface area contributed by atoms with Gasteiger partial charge in [0, 0.05) is 31.7 Å². The number of hydrogen-bond donors (Lipinski definition) is 0. The highest BCUT2D eigenvalue weighted by Gasteiger charge is 2.31. The van der Waals surface area contributed by atoms with E-state index < -0.39 is 10.2 Å². The van der Waals surface area contributed by atoms with Crippen LogP contribution < -0.4 is 0 Å². The first kappa shape index (κ1) is 14.9. The molecule has 7 heteroatoms. The molecule has 106 valence electrons. The minimum atomic E-state index is -3.37. The summed E-state index contributed by atoms with van der Waals surface area (Å²) in [5.74, 6) is 0. The Morgan fingerprint density at radius 2 is 1.95 bits per heavy atom. The zero-order valence-electron chi connectivity index (χ0n) is 10.9. The number of nitrogens with zero attached hydrogens (tertiary/aromatic N) is 2. The first-order valence-electron chi connectivity index (χ1n) is 5.96. The molecule has 1 aromatic rings. The number of halogens is 1. The number of rotatable bonds is 3. The molecule has 1 aromatic carbocycles. The lowest BCUT2D eigenvalue weighted by molar-refractivity contribution is -0.00387. The van der Waals surface area contributed by atoms with Gasteiger partial charge < -0.3 is 4.74 Å². The van der Waals surface area contributed by atoms with Gasteiger partial charge in [0.25, 0.3) is 10.2 Å². The average molecular weight is 349 g/mol. The summed E-state index contributed by atoms with van der Waals surface area (Å²) in [6, 6.07) is 7.75. The van der Waals surface area contributed by atoms with Gasteiger partial charge in [0.1, 0.15) is 0 Å². The first-order valence-corrected chi connectivity index (χ1v) is 8.15. The van der Waals surface area contributed by atoms with E-state index in [1.807, 2.05) is 24.3 Å². The van der Waals surface area contributed by atoms with E-state index in [1.54, 1.807) is 14.1 Å². The Balaban J connectivity index is 2.16. The van der Waals surface area contributed by atoms with Crippen molar-refractivity contribution in [2.45, 2.75) is 6.10 Å². The van der Waals surface area contributed by atoms with Gasteiger partial charge in [-0.25, -0.2) is 0 Å². The van der Waals surface area contributed by atoms with Crippen molar-refractivity contribution in [2.24, 2.45) is 0 Å². The topological polar surface area (TPSA) is 49.9 Å². The predicted octanol–water partition coefficient (Wildman–Crippen LogP) is 1.63. The molecule has 0 aromatic heterocycles. The molecule has 1 heterocycles. The van der Waals surface area contributed by atoms with Gasteiger partial charge in [-0.15, -0.1) is 0 Å². The van der Waals surface area contributed by atoms with Gasteiger partial charge in [-0.2, -0.15) is 17.0 Å². The molecule has 0 N–H and O–H groups in total. The third-order valence-corrected chi connectivity index (χ3v) is 5.49. The lowest BCUT2D eigenvalue weighted by Crippen LogP contribution is -2.47. The molecule has 1 unspecified atom stereocenters. The SMILES string of the molecule is CN(C)S(=O)(=O)N1CCOC(c2ccc(Br)cc2)C1. The molecule has 1 aliphatic heterocycles. The highest BCUT2D eigenvalue weighted by molar-refractivity contribution is 9.10. The third-order valence-electron chi connectivity index (χ3n) is 3.06. The minimum Gasteiger partial charge on any atom is -0.371 e. The van der Waals surface area contributed by atoms with Crippen LogP contribution in [0.25, 0.3) is 0 Å². The maximum Gasteiger partial charge on any atom is 0.281 e. The van der Waals surface area contributed by atoms with Crippen molar-refractivity contribution in [3.05, 3.63) is 34.3 Å². The quantitative estimate of drug-likeness (QED) is 0.834. The Hall–Kier alpha value is -0.470. The van der Waals surface area contributed by atoms with Crippen molar-refractivity contribution >= 4 is 26.1 Å². The van der Waals surface area contributed by atoms with Crippen LogP contribution in [-0.2, 0) is 14.9 Å². The van der Waals surface area contributed by atoms with E-state index in [2.05, 4.69) is 15.9 Å². The van der Waals surface area contributed by atoms with E-state index >= 15 is 0 Å². The van der Waals surface area contributed by atoms with E-state index in [4.69, 9.17) is 4.74 Å². The van der Waals surface area contributed by atoms with Gasteiger partial charge in [0.2, 0.25) is 0 Å². The largest absolute Gasteiger partial charge is 0.371 e. The summed E-state index contributed by atoms with van der Waals surface area (Å²) in [6.45, 7) is 1.16. The van der Waals surface area contributed by atoms with E-state index in [-0.39, 0.29) is 6.10 Å². The maximum absolute atomic E-state index is 12.1. The zero-order chi connectivity index (χ0) is 14.0. The van der Waals surface area contributed by atoms with Crippen molar-refractivity contribution in [1.29, 1.82) is 0 Å². The second-order valence-electron chi connectivity index (χ2n) is 4.56. The molecule has 1 aliphatic rings. The van der Waals surface area contributed by atoms with Crippen molar-refractivity contribution < 1.29 is 13.2 Å². The lowest BCUT2D eigenvalue weighted by atomic mass is 10.1. The van der Waals surface area contributed by atoms with Crippen molar-refractivity contribution in [1.82, 2.24) is 8.61 Å². The fourth-order valence-corrected chi connectivity index (χ4v) is 3.30. The van der Waals surface area contributed by atoms with Crippen LogP contribution in [0.5, 0.6) is 0 Å². The highest BCUT2D eigenvalue weighted by Crippen LogP contribution is 2.25. The van der Waals surface area contributed by atoms with E-state index in [9.17, 15) is 8.42 Å². The Labute approximate surface area is 122 Å². The van der Waals surface area contributed by atoms with Crippen LogP contribution in [0.3, 0.4) is 0 Å². The molecule has 19 heavy (non-hydrogen) atoms. The molecule has 0 radical (unpaired) electrons. The third kappa shape index (κ3) is 3.35. The molecular weight excluding hydrogens is 332 g/mol. The Morgan fingerprint density at radius 1 is 1.32 bits per heavy atom. The van der Waals surface area contributed by atoms with E-state index in [0.717, 1.165) is 10.0 Å². The van der Waals surface area contributed by atoms with Gasteiger partial charge in [0.15, 0.2) is 0 Å². The number of ether oxygens (including phenoxy) is 1. The highest BCUT2D eigenvalue weighted by atomic mass is 79.9. The van der Waals surface area contributed by atoms with E-state index in [1.165, 1.54) is 8.61 Å². The molecule has 0 amide bonds. The van der Waals surface area contributed by atoms with Gasteiger partial charge in [-0.05, 0) is 17.7 Å². The van der Waals surface area contributed by atoms with Crippen molar-refractivity contribution in [3.63, 3.8) is 0 Å². The Bertz CT molecular complexity index is 530. The predicted molar refractivity (Wildman–Crippen MR) is 77.0 cm³/mol. The van der Waals surface area contributed by atoms with Gasteiger partial charge >= 0.3 is 0 Å². The molecule has 0 saturated carbocycles. The average Bonchev–Trinajstić information content (AvgIpc) is 2.39. The minimum absolute atomic E-state index is 0.212. The van der Waals surface area contributed by atoms with Crippen molar-refractivity contribution in [2.75, 3.05) is 33.8 Å². The smallest absolute Gasteiger partial charge is 0.281 e. The normalized spacial score (nSPS) is 21.8. The molecule has 5 nitrogen and oxygen atoms in total. The number of hydrogen-bond acceptors (Lipinski definition) is 3. The Kier molecular flexibility index (Phi) is 4.62. The summed E-state index contributed by atoms with van der Waals surface area (Å²) in [4.78, 5) is 0. The summed E-state index contributed by atoms with van der Waals surface area (Å²) in [7, 11) is -0.289. The molecule has 1 fully saturated rings. The van der Waals surface area contributed by atoms with Crippen LogP contribution in [0.1, 0.15) is 11.7 Å². The summed E-state index contributed by atoms with van der Waals surface area (Å²) in [6.07, 6.45) is -0.212. The monoisotopic (exact) mass is 348 g/mol. The second kappa shape index (κ2) is 5.88. The molecular formula is C12H17BrN2O3S. The van der Waals surface area contributed by atoms with Gasteiger partial charge in [-0.3, -0.25) is 0 Å². The van der Waals surface area contributed by atoms with Crippen LogP contribution >= 0.6 is 15.9 Å². The molecule has 0 spiro atoms. The van der Waals surface area contributed by atoms with Crippen LogP contribution in [-0.4, -0.2) is 50.8 Å². The van der Waals surface area contributed by atoms with Crippen LogP contribution in [0.4, 0.5) is 0 Å². The number of morpholine rings is 1. The van der Waals surface area contributed by atoms with E-state index in [0.29, 0.717) is 19.7 Å². The van der Waals surface area contributed by atoms with Gasteiger partial charge in [0.05, 0.1) is 12.7 Å². The second-order valence-corrected chi connectivity index (χ2v) is 7.62. The fourth-order valence-electron chi connectivity index (χ4n) is 1.95. The molecule has 2 rings (SSSR count). The Morgan fingerprint density at radius 3 is 2.53 bits per heavy atom. The number of benzene rings is 1. The lowest BCUT2D eigenvalue weighted by Gasteiger charge is -2.33. The van der Waals surface area contributed by atoms with Crippen LogP contribution in [0, 0.1) is 0 Å². The summed E-state index contributed by atoms with van der Waals surface area (Å²) in [5, 5.41) is 0. The molecule has 1 saturated heterocycles.